The Hall–Kier alpha value is -2.20. The molecule has 0 unspecified atom stereocenters. The summed E-state index contributed by atoms with van der Waals surface area (Å²) in [5, 5.41) is 4.40. The van der Waals surface area contributed by atoms with Gasteiger partial charge in [0.15, 0.2) is 5.65 Å². The molecule has 1 aromatic carbocycles. The Balaban J connectivity index is 2.07. The molecule has 0 radical (unpaired) electrons. The maximum Gasteiger partial charge on any atom is 0.213 e. The van der Waals surface area contributed by atoms with Crippen LogP contribution in [-0.4, -0.2) is 20.4 Å². The minimum absolute atomic E-state index is 0.128. The lowest BCUT2D eigenvalue weighted by atomic mass is 10.1. The molecule has 0 saturated heterocycles. The number of carbonyl (C=O) groups is 1. The van der Waals surface area contributed by atoms with Gasteiger partial charge in [-0.05, 0) is 12.1 Å². The maximum absolute atomic E-state index is 12.2. The van der Waals surface area contributed by atoms with Crippen LogP contribution in [0.4, 0.5) is 0 Å². The fraction of sp³-hybridized carbons (Fsp3) is 0. The molecule has 4 nitrogen and oxygen atoms in total. The van der Waals surface area contributed by atoms with Gasteiger partial charge in [-0.2, -0.15) is 5.10 Å². The molecule has 88 valence electrons. The van der Waals surface area contributed by atoms with Crippen LogP contribution >= 0.6 is 11.6 Å². The summed E-state index contributed by atoms with van der Waals surface area (Å²) in [6.07, 6.45) is 1.58. The van der Waals surface area contributed by atoms with Gasteiger partial charge in [0, 0.05) is 5.56 Å². The number of aromatic nitrogens is 3. The van der Waals surface area contributed by atoms with Crippen molar-refractivity contribution in [2.45, 2.75) is 0 Å². The van der Waals surface area contributed by atoms with Crippen LogP contribution < -0.4 is 0 Å². The van der Waals surface area contributed by atoms with Gasteiger partial charge in [-0.15, -0.1) is 0 Å². The van der Waals surface area contributed by atoms with Crippen molar-refractivity contribution < 1.29 is 4.79 Å². The van der Waals surface area contributed by atoms with Crippen molar-refractivity contribution in [3.05, 3.63) is 65.1 Å². The summed E-state index contributed by atoms with van der Waals surface area (Å²) in [6.45, 7) is 0. The largest absolute Gasteiger partial charge is 0.287 e. The van der Waals surface area contributed by atoms with E-state index in [4.69, 9.17) is 11.6 Å². The standard InChI is InChI=1S/C13H8ClN3O/c14-11-6-7-12-15-10(8-17(12)16-11)13(18)9-4-2-1-3-5-9/h1-8H. The quantitative estimate of drug-likeness (QED) is 0.663. The van der Waals surface area contributed by atoms with Crippen molar-refractivity contribution in [1.29, 1.82) is 0 Å². The summed E-state index contributed by atoms with van der Waals surface area (Å²) in [5.74, 6) is -0.128. The molecule has 5 heteroatoms. The molecule has 0 fully saturated rings. The van der Waals surface area contributed by atoms with E-state index in [1.165, 1.54) is 4.52 Å². The van der Waals surface area contributed by atoms with Crippen molar-refractivity contribution in [2.24, 2.45) is 0 Å². The van der Waals surface area contributed by atoms with Crippen LogP contribution in [0.15, 0.2) is 48.7 Å². The molecule has 3 aromatic rings. The molecule has 0 aliphatic rings. The number of ketones is 1. The van der Waals surface area contributed by atoms with E-state index in [9.17, 15) is 4.79 Å². The monoisotopic (exact) mass is 257 g/mol. The molecule has 0 bridgehead atoms. The zero-order chi connectivity index (χ0) is 12.5. The highest BCUT2D eigenvalue weighted by atomic mass is 35.5. The predicted molar refractivity (Wildman–Crippen MR) is 67.9 cm³/mol. The second kappa shape index (κ2) is 4.23. The van der Waals surface area contributed by atoms with Crippen LogP contribution in [0.1, 0.15) is 16.1 Å². The number of rotatable bonds is 2. The summed E-state index contributed by atoms with van der Waals surface area (Å²) in [4.78, 5) is 16.4. The molecule has 2 aromatic heterocycles. The fourth-order valence-corrected chi connectivity index (χ4v) is 1.85. The summed E-state index contributed by atoms with van der Waals surface area (Å²) in [5.41, 5.74) is 1.56. The fourth-order valence-electron chi connectivity index (χ4n) is 1.71. The van der Waals surface area contributed by atoms with Crippen LogP contribution in [0.2, 0.25) is 5.15 Å². The van der Waals surface area contributed by atoms with Crippen molar-refractivity contribution in [3.63, 3.8) is 0 Å². The molecule has 0 aliphatic carbocycles. The highest BCUT2D eigenvalue weighted by Gasteiger charge is 2.13. The van der Waals surface area contributed by atoms with Crippen molar-refractivity contribution in [3.8, 4) is 0 Å². The second-order valence-corrected chi connectivity index (χ2v) is 4.17. The van der Waals surface area contributed by atoms with Crippen molar-refractivity contribution >= 4 is 23.0 Å². The molecule has 0 atom stereocenters. The third kappa shape index (κ3) is 1.87. The number of carbonyl (C=O) groups excluding carboxylic acids is 1. The van der Waals surface area contributed by atoms with Gasteiger partial charge < -0.3 is 0 Å². The van der Waals surface area contributed by atoms with E-state index in [1.807, 2.05) is 18.2 Å². The van der Waals surface area contributed by atoms with Gasteiger partial charge >= 0.3 is 0 Å². The molecule has 2 heterocycles. The molecule has 0 saturated carbocycles. The maximum atomic E-state index is 12.2. The molecular weight excluding hydrogens is 250 g/mol. The van der Waals surface area contributed by atoms with Crippen LogP contribution in [0.25, 0.3) is 5.65 Å². The zero-order valence-corrected chi connectivity index (χ0v) is 10.0. The van der Waals surface area contributed by atoms with Gasteiger partial charge in [-0.3, -0.25) is 4.79 Å². The highest BCUT2D eigenvalue weighted by molar-refractivity contribution is 6.29. The summed E-state index contributed by atoms with van der Waals surface area (Å²) >= 11 is 5.78. The Morgan fingerprint density at radius 1 is 1.11 bits per heavy atom. The Bertz CT molecular complexity index is 721. The molecule has 18 heavy (non-hydrogen) atoms. The minimum Gasteiger partial charge on any atom is -0.287 e. The molecule has 3 rings (SSSR count). The number of halogens is 1. The first-order chi connectivity index (χ1) is 8.74. The van der Waals surface area contributed by atoms with Gasteiger partial charge in [-0.1, -0.05) is 41.9 Å². The number of benzene rings is 1. The minimum atomic E-state index is -0.128. The second-order valence-electron chi connectivity index (χ2n) is 3.78. The van der Waals surface area contributed by atoms with Gasteiger partial charge in [0.1, 0.15) is 10.8 Å². The smallest absolute Gasteiger partial charge is 0.213 e. The highest BCUT2D eigenvalue weighted by Crippen LogP contribution is 2.11. The van der Waals surface area contributed by atoms with Gasteiger partial charge in [-0.25, -0.2) is 9.50 Å². The molecule has 0 N–H and O–H groups in total. The molecule has 0 amide bonds. The van der Waals surface area contributed by atoms with E-state index < -0.39 is 0 Å². The number of nitrogens with zero attached hydrogens (tertiary/aromatic N) is 3. The van der Waals surface area contributed by atoms with E-state index >= 15 is 0 Å². The average molecular weight is 258 g/mol. The molecular formula is C13H8ClN3O. The van der Waals surface area contributed by atoms with Crippen LogP contribution in [0.5, 0.6) is 0 Å². The van der Waals surface area contributed by atoms with Crippen molar-refractivity contribution in [2.75, 3.05) is 0 Å². The lowest BCUT2D eigenvalue weighted by Gasteiger charge is -1.94. The first-order valence-corrected chi connectivity index (χ1v) is 5.73. The summed E-state index contributed by atoms with van der Waals surface area (Å²) in [6, 6.07) is 12.4. The predicted octanol–water partition coefficient (Wildman–Crippen LogP) is 2.61. The Labute approximate surface area is 108 Å². The van der Waals surface area contributed by atoms with Crippen LogP contribution in [0.3, 0.4) is 0 Å². The number of fused-ring (bicyclic) bond motifs is 1. The third-order valence-electron chi connectivity index (χ3n) is 2.56. The number of hydrogen-bond acceptors (Lipinski definition) is 3. The zero-order valence-electron chi connectivity index (χ0n) is 9.25. The Morgan fingerprint density at radius 2 is 1.89 bits per heavy atom. The average Bonchev–Trinajstić information content (AvgIpc) is 2.81. The van der Waals surface area contributed by atoms with E-state index in [0.29, 0.717) is 22.1 Å². The van der Waals surface area contributed by atoms with E-state index in [0.717, 1.165) is 0 Å². The summed E-state index contributed by atoms with van der Waals surface area (Å²) < 4.78 is 1.50. The van der Waals surface area contributed by atoms with E-state index in [2.05, 4.69) is 10.1 Å². The number of hydrogen-bond donors (Lipinski definition) is 0. The van der Waals surface area contributed by atoms with Crippen LogP contribution in [0, 0.1) is 0 Å². The molecule has 0 aliphatic heterocycles. The van der Waals surface area contributed by atoms with Gasteiger partial charge in [0.05, 0.1) is 6.20 Å². The lowest BCUT2D eigenvalue weighted by molar-refractivity contribution is 0.103. The Kier molecular flexibility index (Phi) is 2.57. The SMILES string of the molecule is O=C(c1ccccc1)c1cn2nc(Cl)ccc2n1. The van der Waals surface area contributed by atoms with Gasteiger partial charge in [0.25, 0.3) is 0 Å². The van der Waals surface area contributed by atoms with Crippen LogP contribution in [-0.2, 0) is 0 Å². The van der Waals surface area contributed by atoms with E-state index in [-0.39, 0.29) is 5.78 Å². The topological polar surface area (TPSA) is 47.3 Å². The van der Waals surface area contributed by atoms with Gasteiger partial charge in [0.2, 0.25) is 5.78 Å². The Morgan fingerprint density at radius 3 is 2.67 bits per heavy atom. The first-order valence-electron chi connectivity index (χ1n) is 5.36. The first kappa shape index (κ1) is 10.9. The van der Waals surface area contributed by atoms with E-state index in [1.54, 1.807) is 30.5 Å². The third-order valence-corrected chi connectivity index (χ3v) is 2.76. The lowest BCUT2D eigenvalue weighted by Crippen LogP contribution is -2.00. The molecule has 0 spiro atoms. The normalized spacial score (nSPS) is 10.7. The van der Waals surface area contributed by atoms with Crippen molar-refractivity contribution in [1.82, 2.24) is 14.6 Å². The number of imidazole rings is 1. The summed E-state index contributed by atoms with van der Waals surface area (Å²) in [7, 11) is 0.